The van der Waals surface area contributed by atoms with Crippen LogP contribution in [0.3, 0.4) is 0 Å². The molecule has 0 unspecified atom stereocenters. The number of aliphatic imine (C=N–C) groups is 1. The molecular weight excluding hydrogens is 244 g/mol. The summed E-state index contributed by atoms with van der Waals surface area (Å²) in [5.74, 6) is 0.729. The van der Waals surface area contributed by atoms with Gasteiger partial charge in [-0.05, 0) is 34.6 Å². The van der Waals surface area contributed by atoms with Crippen molar-refractivity contribution in [2.24, 2.45) is 4.99 Å². The lowest BCUT2D eigenvalue weighted by molar-refractivity contribution is 0.0302. The lowest BCUT2D eigenvalue weighted by atomic mass is 10.2. The molecule has 0 aromatic heterocycles. The van der Waals surface area contributed by atoms with E-state index in [4.69, 9.17) is 4.74 Å². The number of nitrogens with zero attached hydrogens (tertiary/aromatic N) is 2. The molecule has 0 spiro atoms. The third-order valence-corrected chi connectivity index (χ3v) is 2.09. The monoisotopic (exact) mass is 272 g/mol. The number of carbonyl (C=O) groups is 1. The van der Waals surface area contributed by atoms with Crippen LogP contribution in [-0.2, 0) is 4.74 Å². The minimum absolute atomic E-state index is 0.315. The molecule has 0 aliphatic carbocycles. The number of nitrogens with one attached hydrogen (secondary N) is 2. The first-order valence-electron chi connectivity index (χ1n) is 6.57. The average molecular weight is 272 g/mol. The Bertz CT molecular complexity index is 308. The van der Waals surface area contributed by atoms with Gasteiger partial charge in [-0.2, -0.15) is 0 Å². The summed E-state index contributed by atoms with van der Waals surface area (Å²) in [6.45, 7) is 10.8. The highest BCUT2D eigenvalue weighted by molar-refractivity contribution is 5.79. The largest absolute Gasteiger partial charge is 0.444 e. The van der Waals surface area contributed by atoms with Gasteiger partial charge in [0.1, 0.15) is 5.60 Å². The highest BCUT2D eigenvalue weighted by Gasteiger charge is 2.19. The fourth-order valence-electron chi connectivity index (χ4n) is 1.24. The third kappa shape index (κ3) is 9.16. The molecule has 0 radical (unpaired) electrons. The van der Waals surface area contributed by atoms with Crippen LogP contribution in [0.15, 0.2) is 4.99 Å². The maximum absolute atomic E-state index is 11.7. The van der Waals surface area contributed by atoms with E-state index in [2.05, 4.69) is 15.6 Å². The average Bonchev–Trinajstić information content (AvgIpc) is 2.24. The van der Waals surface area contributed by atoms with Crippen molar-refractivity contribution in [2.45, 2.75) is 46.3 Å². The van der Waals surface area contributed by atoms with Gasteiger partial charge in [0.25, 0.3) is 0 Å². The predicted octanol–water partition coefficient (Wildman–Crippen LogP) is 1.43. The molecule has 0 saturated carbocycles. The lowest BCUT2D eigenvalue weighted by Gasteiger charge is -2.25. The summed E-state index contributed by atoms with van der Waals surface area (Å²) in [5.41, 5.74) is -0.464. The number of hydrogen-bond acceptors (Lipinski definition) is 3. The highest BCUT2D eigenvalue weighted by Crippen LogP contribution is 2.08. The molecule has 0 atom stereocenters. The van der Waals surface area contributed by atoms with Crippen LogP contribution in [0.1, 0.15) is 34.6 Å². The van der Waals surface area contributed by atoms with Crippen LogP contribution in [0.5, 0.6) is 0 Å². The number of hydrogen-bond donors (Lipinski definition) is 2. The second kappa shape index (κ2) is 7.86. The first-order valence-corrected chi connectivity index (χ1v) is 6.57. The summed E-state index contributed by atoms with van der Waals surface area (Å²) in [5, 5.41) is 6.31. The summed E-state index contributed by atoms with van der Waals surface area (Å²) >= 11 is 0. The van der Waals surface area contributed by atoms with Crippen molar-refractivity contribution in [2.75, 3.05) is 27.2 Å². The van der Waals surface area contributed by atoms with Crippen LogP contribution >= 0.6 is 0 Å². The van der Waals surface area contributed by atoms with E-state index < -0.39 is 5.60 Å². The van der Waals surface area contributed by atoms with Crippen molar-refractivity contribution in [3.63, 3.8) is 0 Å². The molecule has 0 aromatic carbocycles. The van der Waals surface area contributed by atoms with Crippen LogP contribution in [0.25, 0.3) is 0 Å². The van der Waals surface area contributed by atoms with Crippen molar-refractivity contribution in [1.82, 2.24) is 15.5 Å². The number of rotatable bonds is 4. The minimum Gasteiger partial charge on any atom is -0.444 e. The van der Waals surface area contributed by atoms with Gasteiger partial charge in [0.05, 0.1) is 0 Å². The normalized spacial score (nSPS) is 12.3. The fraction of sp³-hybridized carbons (Fsp3) is 0.846. The first kappa shape index (κ1) is 17.5. The molecule has 2 N–H and O–H groups in total. The number of ether oxygens (including phenoxy) is 1. The van der Waals surface area contributed by atoms with Crippen LogP contribution in [0, 0.1) is 0 Å². The molecule has 0 aliphatic rings. The Balaban J connectivity index is 4.03. The van der Waals surface area contributed by atoms with Gasteiger partial charge in [-0.15, -0.1) is 0 Å². The molecule has 0 heterocycles. The Morgan fingerprint density at radius 2 is 1.95 bits per heavy atom. The third-order valence-electron chi connectivity index (χ3n) is 2.09. The van der Waals surface area contributed by atoms with Gasteiger partial charge in [0.2, 0.25) is 0 Å². The zero-order valence-electron chi connectivity index (χ0n) is 13.2. The number of guanidine groups is 1. The molecule has 0 fully saturated rings. The van der Waals surface area contributed by atoms with Gasteiger partial charge in [0.15, 0.2) is 5.96 Å². The molecule has 0 rings (SSSR count). The van der Waals surface area contributed by atoms with E-state index in [-0.39, 0.29) is 6.09 Å². The topological polar surface area (TPSA) is 66.0 Å². The molecule has 1 amide bonds. The van der Waals surface area contributed by atoms with Gasteiger partial charge in [-0.1, -0.05) is 0 Å². The Morgan fingerprint density at radius 1 is 1.37 bits per heavy atom. The van der Waals surface area contributed by atoms with Crippen LogP contribution in [-0.4, -0.2) is 55.8 Å². The molecule has 6 heteroatoms. The molecular formula is C13H28N4O2. The van der Waals surface area contributed by atoms with Gasteiger partial charge in [-0.3, -0.25) is 4.99 Å². The van der Waals surface area contributed by atoms with Gasteiger partial charge in [-0.25, -0.2) is 4.79 Å². The van der Waals surface area contributed by atoms with Crippen LogP contribution in [0.4, 0.5) is 4.79 Å². The number of carbonyl (C=O) groups excluding carboxylic acids is 1. The molecule has 19 heavy (non-hydrogen) atoms. The minimum atomic E-state index is -0.464. The van der Waals surface area contributed by atoms with E-state index >= 15 is 0 Å². The van der Waals surface area contributed by atoms with Crippen molar-refractivity contribution in [3.8, 4) is 0 Å². The standard InChI is InChI=1S/C13H28N4O2/c1-10(2)16-11(14-6)15-8-9-17(7)12(18)19-13(3,4)5/h10H,8-9H2,1-7H3,(H2,14,15,16). The summed E-state index contributed by atoms with van der Waals surface area (Å²) in [6.07, 6.45) is -0.318. The predicted molar refractivity (Wildman–Crippen MR) is 78.5 cm³/mol. The van der Waals surface area contributed by atoms with Crippen molar-refractivity contribution in [1.29, 1.82) is 0 Å². The Hall–Kier alpha value is -1.46. The van der Waals surface area contributed by atoms with E-state index in [9.17, 15) is 4.79 Å². The molecule has 6 nitrogen and oxygen atoms in total. The van der Waals surface area contributed by atoms with Crippen molar-refractivity contribution in [3.05, 3.63) is 0 Å². The smallest absolute Gasteiger partial charge is 0.410 e. The Kier molecular flexibility index (Phi) is 7.26. The first-order chi connectivity index (χ1) is 8.65. The Morgan fingerprint density at radius 3 is 2.37 bits per heavy atom. The quantitative estimate of drug-likeness (QED) is 0.600. The van der Waals surface area contributed by atoms with E-state index in [1.54, 1.807) is 19.0 Å². The van der Waals surface area contributed by atoms with Gasteiger partial charge >= 0.3 is 6.09 Å². The molecule has 112 valence electrons. The van der Waals surface area contributed by atoms with Gasteiger partial charge in [0, 0.05) is 33.2 Å². The van der Waals surface area contributed by atoms with Crippen molar-refractivity contribution < 1.29 is 9.53 Å². The van der Waals surface area contributed by atoms with E-state index in [1.807, 2.05) is 34.6 Å². The van der Waals surface area contributed by atoms with Crippen molar-refractivity contribution >= 4 is 12.1 Å². The van der Waals surface area contributed by atoms with Crippen LogP contribution < -0.4 is 10.6 Å². The maximum atomic E-state index is 11.7. The summed E-state index contributed by atoms with van der Waals surface area (Å²) in [7, 11) is 3.43. The molecule has 0 aliphatic heterocycles. The SMILES string of the molecule is CN=C(NCCN(C)C(=O)OC(C)(C)C)NC(C)C. The zero-order valence-corrected chi connectivity index (χ0v) is 13.2. The van der Waals surface area contributed by atoms with E-state index in [1.165, 1.54) is 0 Å². The van der Waals surface area contributed by atoms with E-state index in [0.717, 1.165) is 5.96 Å². The van der Waals surface area contributed by atoms with E-state index in [0.29, 0.717) is 19.1 Å². The maximum Gasteiger partial charge on any atom is 0.410 e. The van der Waals surface area contributed by atoms with Crippen LogP contribution in [0.2, 0.25) is 0 Å². The molecule has 0 saturated heterocycles. The Labute approximate surface area is 116 Å². The number of amides is 1. The van der Waals surface area contributed by atoms with Gasteiger partial charge < -0.3 is 20.3 Å². The fourth-order valence-corrected chi connectivity index (χ4v) is 1.24. The summed E-state index contributed by atoms with van der Waals surface area (Å²) in [6, 6.07) is 0.315. The number of likely N-dealkylation sites (N-methyl/N-ethyl adjacent to an activating group) is 1. The lowest BCUT2D eigenvalue weighted by Crippen LogP contribution is -2.44. The molecule has 0 aromatic rings. The summed E-state index contributed by atoms with van der Waals surface area (Å²) < 4.78 is 5.26. The molecule has 0 bridgehead atoms. The highest BCUT2D eigenvalue weighted by atomic mass is 16.6. The second-order valence-corrected chi connectivity index (χ2v) is 5.70. The zero-order chi connectivity index (χ0) is 15.1. The second-order valence-electron chi connectivity index (χ2n) is 5.70. The summed E-state index contributed by atoms with van der Waals surface area (Å²) in [4.78, 5) is 17.3.